The Hall–Kier alpha value is -3.15. The number of imide groups is 2. The average molecular weight is 310 g/mol. The second-order valence-electron chi connectivity index (χ2n) is 5.19. The molecule has 6 heteroatoms. The lowest BCUT2D eigenvalue weighted by Gasteiger charge is -2.27. The summed E-state index contributed by atoms with van der Waals surface area (Å²) in [5, 5.41) is 2.18. The number of urea groups is 1. The molecular formula is C17H14N2O4. The van der Waals surface area contributed by atoms with Crippen LogP contribution in [0.4, 0.5) is 10.5 Å². The molecular weight excluding hydrogens is 296 g/mol. The third-order valence-corrected chi connectivity index (χ3v) is 3.51. The summed E-state index contributed by atoms with van der Waals surface area (Å²) in [5.74, 6) is -0.381. The quantitative estimate of drug-likeness (QED) is 0.683. The van der Waals surface area contributed by atoms with Crippen LogP contribution in [-0.4, -0.2) is 17.8 Å². The highest BCUT2D eigenvalue weighted by Gasteiger charge is 2.37. The van der Waals surface area contributed by atoms with Gasteiger partial charge in [0.05, 0.1) is 5.69 Å². The Labute approximate surface area is 132 Å². The summed E-state index contributed by atoms with van der Waals surface area (Å²) < 4.78 is 5.36. The molecule has 0 atom stereocenters. The molecule has 0 saturated carbocycles. The number of nitrogens with one attached hydrogen (secondary N) is 1. The first-order valence-electron chi connectivity index (χ1n) is 7.01. The first-order valence-corrected chi connectivity index (χ1v) is 7.01. The molecule has 3 rings (SSSR count). The standard InChI is InChI=1S/C17H14N2O4/c1-10-5-3-4-6-14(10)19-16(21)13(15(20)18-17(19)22)9-12-8-7-11(2)23-12/h3-9H,1-2H3,(H,18,20,22)/b13-9-. The van der Waals surface area contributed by atoms with Crippen LogP contribution in [0, 0.1) is 13.8 Å². The number of furan rings is 1. The van der Waals surface area contributed by atoms with Gasteiger partial charge in [0.1, 0.15) is 17.1 Å². The minimum atomic E-state index is -0.762. The van der Waals surface area contributed by atoms with Crippen molar-refractivity contribution >= 4 is 29.6 Å². The summed E-state index contributed by atoms with van der Waals surface area (Å²) >= 11 is 0. The Balaban J connectivity index is 2.04. The second-order valence-corrected chi connectivity index (χ2v) is 5.19. The zero-order valence-corrected chi connectivity index (χ0v) is 12.6. The molecule has 1 saturated heterocycles. The number of carbonyl (C=O) groups is 3. The van der Waals surface area contributed by atoms with Gasteiger partial charge in [-0.25, -0.2) is 9.69 Å². The monoisotopic (exact) mass is 310 g/mol. The van der Waals surface area contributed by atoms with Crippen molar-refractivity contribution in [1.29, 1.82) is 0 Å². The van der Waals surface area contributed by atoms with E-state index in [1.807, 2.05) is 0 Å². The predicted octanol–water partition coefficient (Wildman–Crippen LogP) is 2.56. The van der Waals surface area contributed by atoms with E-state index >= 15 is 0 Å². The molecule has 0 aliphatic carbocycles. The zero-order chi connectivity index (χ0) is 16.6. The molecule has 1 fully saturated rings. The van der Waals surface area contributed by atoms with Crippen LogP contribution in [0.15, 0.2) is 46.4 Å². The maximum atomic E-state index is 12.6. The van der Waals surface area contributed by atoms with Gasteiger partial charge in [-0.1, -0.05) is 18.2 Å². The van der Waals surface area contributed by atoms with Gasteiger partial charge in [0.2, 0.25) is 0 Å². The highest BCUT2D eigenvalue weighted by molar-refractivity contribution is 6.39. The fourth-order valence-corrected chi connectivity index (χ4v) is 2.36. The number of nitrogens with zero attached hydrogens (tertiary/aromatic N) is 1. The van der Waals surface area contributed by atoms with E-state index in [4.69, 9.17) is 4.42 Å². The minimum Gasteiger partial charge on any atom is -0.462 e. The number of hydrogen-bond donors (Lipinski definition) is 1. The molecule has 6 nitrogen and oxygen atoms in total. The van der Waals surface area contributed by atoms with Crippen LogP contribution in [0.5, 0.6) is 0 Å². The van der Waals surface area contributed by atoms with Crippen molar-refractivity contribution in [2.24, 2.45) is 0 Å². The van der Waals surface area contributed by atoms with Crippen molar-refractivity contribution in [2.75, 3.05) is 4.90 Å². The van der Waals surface area contributed by atoms with Gasteiger partial charge in [0, 0.05) is 0 Å². The van der Waals surface area contributed by atoms with Crippen LogP contribution in [0.2, 0.25) is 0 Å². The van der Waals surface area contributed by atoms with Crippen molar-refractivity contribution in [3.05, 3.63) is 59.1 Å². The normalized spacial score (nSPS) is 16.9. The number of rotatable bonds is 2. The molecule has 0 spiro atoms. The Morgan fingerprint density at radius 3 is 2.43 bits per heavy atom. The van der Waals surface area contributed by atoms with Crippen molar-refractivity contribution in [3.63, 3.8) is 0 Å². The van der Waals surface area contributed by atoms with Gasteiger partial charge in [-0.2, -0.15) is 0 Å². The van der Waals surface area contributed by atoms with Crippen molar-refractivity contribution in [1.82, 2.24) is 5.32 Å². The molecule has 1 aliphatic rings. The second kappa shape index (κ2) is 5.57. The maximum absolute atomic E-state index is 12.6. The third-order valence-electron chi connectivity index (χ3n) is 3.51. The highest BCUT2D eigenvalue weighted by Crippen LogP contribution is 2.25. The van der Waals surface area contributed by atoms with Crippen LogP contribution in [-0.2, 0) is 9.59 Å². The number of amides is 4. The van der Waals surface area contributed by atoms with E-state index in [0.29, 0.717) is 17.2 Å². The minimum absolute atomic E-state index is 0.151. The molecule has 2 heterocycles. The van der Waals surface area contributed by atoms with Crippen LogP contribution in [0.25, 0.3) is 6.08 Å². The van der Waals surface area contributed by atoms with Gasteiger partial charge in [-0.3, -0.25) is 14.9 Å². The van der Waals surface area contributed by atoms with Gasteiger partial charge < -0.3 is 4.42 Å². The van der Waals surface area contributed by atoms with E-state index < -0.39 is 17.8 Å². The van der Waals surface area contributed by atoms with Crippen LogP contribution in [0.1, 0.15) is 17.1 Å². The summed E-state index contributed by atoms with van der Waals surface area (Å²) in [4.78, 5) is 37.7. The fraction of sp³-hybridized carbons (Fsp3) is 0.118. The Morgan fingerprint density at radius 2 is 1.78 bits per heavy atom. The zero-order valence-electron chi connectivity index (χ0n) is 12.6. The lowest BCUT2D eigenvalue weighted by Crippen LogP contribution is -2.54. The van der Waals surface area contributed by atoms with Crippen LogP contribution < -0.4 is 10.2 Å². The molecule has 1 aliphatic heterocycles. The summed E-state index contributed by atoms with van der Waals surface area (Å²) in [5.41, 5.74) is 1.03. The summed E-state index contributed by atoms with van der Waals surface area (Å²) in [6.07, 6.45) is 1.34. The smallest absolute Gasteiger partial charge is 0.335 e. The summed E-state index contributed by atoms with van der Waals surface area (Å²) in [6.45, 7) is 3.54. The number of aryl methyl sites for hydroxylation is 2. The van der Waals surface area contributed by atoms with Gasteiger partial charge in [-0.15, -0.1) is 0 Å². The van der Waals surface area contributed by atoms with Crippen molar-refractivity contribution < 1.29 is 18.8 Å². The Morgan fingerprint density at radius 1 is 1.04 bits per heavy atom. The first kappa shape index (κ1) is 14.8. The van der Waals surface area contributed by atoms with E-state index in [1.54, 1.807) is 50.2 Å². The molecule has 4 amide bonds. The first-order chi connectivity index (χ1) is 11.0. The van der Waals surface area contributed by atoms with Crippen LogP contribution >= 0.6 is 0 Å². The predicted molar refractivity (Wildman–Crippen MR) is 83.6 cm³/mol. The Kier molecular flexibility index (Phi) is 3.57. The summed E-state index contributed by atoms with van der Waals surface area (Å²) in [6, 6.07) is 9.57. The molecule has 1 N–H and O–H groups in total. The van der Waals surface area contributed by atoms with E-state index in [0.717, 1.165) is 10.5 Å². The number of hydrogen-bond acceptors (Lipinski definition) is 4. The maximum Gasteiger partial charge on any atom is 0.335 e. The Bertz CT molecular complexity index is 848. The van der Waals surface area contributed by atoms with E-state index in [2.05, 4.69) is 5.32 Å². The lowest BCUT2D eigenvalue weighted by atomic mass is 10.1. The number of anilines is 1. The molecule has 116 valence electrons. The number of para-hydroxylation sites is 1. The fourth-order valence-electron chi connectivity index (χ4n) is 2.36. The van der Waals surface area contributed by atoms with Crippen molar-refractivity contribution in [3.8, 4) is 0 Å². The van der Waals surface area contributed by atoms with Gasteiger partial charge in [0.15, 0.2) is 0 Å². The van der Waals surface area contributed by atoms with E-state index in [9.17, 15) is 14.4 Å². The average Bonchev–Trinajstić information content (AvgIpc) is 2.91. The van der Waals surface area contributed by atoms with Gasteiger partial charge in [0.25, 0.3) is 11.8 Å². The molecule has 1 aromatic heterocycles. The molecule has 0 radical (unpaired) electrons. The molecule has 2 aromatic rings. The van der Waals surface area contributed by atoms with Gasteiger partial charge >= 0.3 is 6.03 Å². The number of benzene rings is 1. The molecule has 1 aromatic carbocycles. The molecule has 0 unspecified atom stereocenters. The highest BCUT2D eigenvalue weighted by atomic mass is 16.3. The third kappa shape index (κ3) is 2.66. The van der Waals surface area contributed by atoms with Crippen molar-refractivity contribution in [2.45, 2.75) is 13.8 Å². The van der Waals surface area contributed by atoms with E-state index in [1.165, 1.54) is 6.08 Å². The summed E-state index contributed by atoms with van der Waals surface area (Å²) in [7, 11) is 0. The largest absolute Gasteiger partial charge is 0.462 e. The topological polar surface area (TPSA) is 79.6 Å². The van der Waals surface area contributed by atoms with E-state index in [-0.39, 0.29) is 5.57 Å². The lowest BCUT2D eigenvalue weighted by molar-refractivity contribution is -0.122. The number of barbiturate groups is 1. The molecule has 0 bridgehead atoms. The van der Waals surface area contributed by atoms with Gasteiger partial charge in [-0.05, 0) is 43.7 Å². The van der Waals surface area contributed by atoms with Crippen LogP contribution in [0.3, 0.4) is 0 Å². The number of carbonyl (C=O) groups excluding carboxylic acids is 3. The SMILES string of the molecule is Cc1ccc(/C=C2/C(=O)NC(=O)N(c3ccccc3C)C2=O)o1. The molecule has 23 heavy (non-hydrogen) atoms.